The average molecular weight is 357 g/mol. The summed E-state index contributed by atoms with van der Waals surface area (Å²) in [6.45, 7) is 0. The van der Waals surface area contributed by atoms with Crippen LogP contribution in [0.1, 0.15) is 23.7 Å². The van der Waals surface area contributed by atoms with E-state index in [0.29, 0.717) is 17.3 Å². The summed E-state index contributed by atoms with van der Waals surface area (Å²) in [4.78, 5) is 10.7. The first-order valence-electron chi connectivity index (χ1n) is 5.60. The van der Waals surface area contributed by atoms with Crippen LogP contribution in [0.5, 0.6) is 5.75 Å². The molecule has 0 radical (unpaired) electrons. The number of carbonyl (C=O) groups is 1. The van der Waals surface area contributed by atoms with Gasteiger partial charge in [0.05, 0.1) is 0 Å². The van der Waals surface area contributed by atoms with Gasteiger partial charge in [-0.05, 0) is 30.5 Å². The number of carboxylic acids is 1. The predicted molar refractivity (Wildman–Crippen MR) is 67.8 cm³/mol. The van der Waals surface area contributed by atoms with Crippen LogP contribution in [0.2, 0.25) is 0 Å². The standard InChI is InChI=1S/C12H12BrF3O4/c13-5-1-2-7-3-4-9(20-12(14,15)16)8(6-7)10(17)11(18)19/h3-4,6,10,17H,1-2,5H2,(H,18,19). The first-order chi connectivity index (χ1) is 9.24. The molecule has 0 fully saturated rings. The number of hydrogen-bond donors (Lipinski definition) is 2. The number of aryl methyl sites for hydroxylation is 1. The van der Waals surface area contributed by atoms with Crippen LogP contribution in [0.3, 0.4) is 0 Å². The Morgan fingerprint density at radius 1 is 1.40 bits per heavy atom. The van der Waals surface area contributed by atoms with Gasteiger partial charge >= 0.3 is 12.3 Å². The number of rotatable bonds is 6. The van der Waals surface area contributed by atoms with Gasteiger partial charge in [-0.3, -0.25) is 0 Å². The SMILES string of the molecule is O=C(O)C(O)c1cc(CCCBr)ccc1OC(F)(F)F. The van der Waals surface area contributed by atoms with E-state index in [1.165, 1.54) is 12.1 Å². The number of ether oxygens (including phenoxy) is 1. The number of alkyl halides is 4. The summed E-state index contributed by atoms with van der Waals surface area (Å²) in [5.41, 5.74) is 0.205. The number of carboxylic acid groups (broad SMARTS) is 1. The van der Waals surface area contributed by atoms with Crippen molar-refractivity contribution in [2.45, 2.75) is 25.3 Å². The second-order valence-corrected chi connectivity index (χ2v) is 4.75. The zero-order valence-electron chi connectivity index (χ0n) is 10.2. The van der Waals surface area contributed by atoms with E-state index in [9.17, 15) is 23.1 Å². The fourth-order valence-corrected chi connectivity index (χ4v) is 1.87. The minimum atomic E-state index is -4.95. The number of aliphatic hydroxyl groups excluding tert-OH is 1. The summed E-state index contributed by atoms with van der Waals surface area (Å²) < 4.78 is 40.4. The average Bonchev–Trinajstić information content (AvgIpc) is 2.34. The molecule has 0 saturated carbocycles. The molecule has 0 saturated heterocycles. The highest BCUT2D eigenvalue weighted by molar-refractivity contribution is 9.09. The maximum absolute atomic E-state index is 12.2. The van der Waals surface area contributed by atoms with Gasteiger partial charge in [-0.15, -0.1) is 13.2 Å². The number of hydrogen-bond acceptors (Lipinski definition) is 3. The second-order valence-electron chi connectivity index (χ2n) is 3.95. The van der Waals surface area contributed by atoms with Crippen molar-refractivity contribution in [3.8, 4) is 5.75 Å². The third kappa shape index (κ3) is 5.01. The minimum Gasteiger partial charge on any atom is -0.479 e. The molecule has 0 aliphatic carbocycles. The summed E-state index contributed by atoms with van der Waals surface area (Å²) in [5, 5.41) is 18.9. The fourth-order valence-electron chi connectivity index (χ4n) is 1.59. The first-order valence-corrected chi connectivity index (χ1v) is 6.72. The molecule has 1 rings (SSSR count). The van der Waals surface area contributed by atoms with Crippen molar-refractivity contribution in [3.05, 3.63) is 29.3 Å². The molecule has 1 aromatic rings. The van der Waals surface area contributed by atoms with Gasteiger partial charge < -0.3 is 14.9 Å². The van der Waals surface area contributed by atoms with Crippen LogP contribution in [-0.2, 0) is 11.2 Å². The quantitative estimate of drug-likeness (QED) is 0.769. The molecule has 20 heavy (non-hydrogen) atoms. The van der Waals surface area contributed by atoms with Gasteiger partial charge in [-0.1, -0.05) is 22.0 Å². The normalized spacial score (nSPS) is 13.1. The van der Waals surface area contributed by atoms with E-state index in [-0.39, 0.29) is 0 Å². The molecule has 8 heteroatoms. The predicted octanol–water partition coefficient (Wildman–Crippen LogP) is 3.03. The van der Waals surface area contributed by atoms with Crippen molar-refractivity contribution < 1.29 is 32.9 Å². The van der Waals surface area contributed by atoms with E-state index in [0.717, 1.165) is 12.5 Å². The lowest BCUT2D eigenvalue weighted by molar-refractivity contribution is -0.275. The zero-order chi connectivity index (χ0) is 15.3. The van der Waals surface area contributed by atoms with Crippen LogP contribution < -0.4 is 4.74 Å². The molecular formula is C12H12BrF3O4. The van der Waals surface area contributed by atoms with Gasteiger partial charge in [0.1, 0.15) is 5.75 Å². The summed E-state index contributed by atoms with van der Waals surface area (Å²) in [5.74, 6) is -2.36. The maximum Gasteiger partial charge on any atom is 0.573 e. The van der Waals surface area contributed by atoms with Crippen LogP contribution in [-0.4, -0.2) is 27.9 Å². The number of aliphatic carboxylic acids is 1. The van der Waals surface area contributed by atoms with Crippen molar-refractivity contribution in [1.82, 2.24) is 0 Å². The van der Waals surface area contributed by atoms with Gasteiger partial charge in [-0.25, -0.2) is 4.79 Å². The molecule has 4 nitrogen and oxygen atoms in total. The summed E-state index contributed by atoms with van der Waals surface area (Å²) in [6.07, 6.45) is -5.76. The van der Waals surface area contributed by atoms with E-state index in [2.05, 4.69) is 20.7 Å². The highest BCUT2D eigenvalue weighted by atomic mass is 79.9. The van der Waals surface area contributed by atoms with Gasteiger partial charge in [0.2, 0.25) is 0 Å². The van der Waals surface area contributed by atoms with Gasteiger partial charge in [0, 0.05) is 10.9 Å². The lowest BCUT2D eigenvalue weighted by Gasteiger charge is -2.16. The fraction of sp³-hybridized carbons (Fsp3) is 0.417. The Morgan fingerprint density at radius 2 is 2.05 bits per heavy atom. The Balaban J connectivity index is 3.12. The van der Waals surface area contributed by atoms with Crippen LogP contribution in [0.15, 0.2) is 18.2 Å². The molecule has 0 amide bonds. The molecule has 0 aliphatic rings. The molecular weight excluding hydrogens is 345 g/mol. The molecule has 0 spiro atoms. The maximum atomic E-state index is 12.2. The summed E-state index contributed by atoms with van der Waals surface area (Å²) in [7, 11) is 0. The van der Waals surface area contributed by atoms with E-state index in [1.807, 2.05) is 0 Å². The molecule has 0 aliphatic heterocycles. The van der Waals surface area contributed by atoms with E-state index in [1.54, 1.807) is 0 Å². The first kappa shape index (κ1) is 16.8. The Bertz CT molecular complexity index is 476. The molecule has 0 aromatic heterocycles. The topological polar surface area (TPSA) is 66.8 Å². The van der Waals surface area contributed by atoms with Crippen molar-refractivity contribution in [2.24, 2.45) is 0 Å². The lowest BCUT2D eigenvalue weighted by atomic mass is 10.0. The van der Waals surface area contributed by atoms with Crippen LogP contribution in [0.4, 0.5) is 13.2 Å². The second kappa shape index (κ2) is 6.94. The number of aliphatic hydroxyl groups is 1. The highest BCUT2D eigenvalue weighted by Gasteiger charge is 2.33. The molecule has 1 unspecified atom stereocenters. The molecule has 1 aromatic carbocycles. The minimum absolute atomic E-state index is 0.415. The third-order valence-electron chi connectivity index (χ3n) is 2.43. The van der Waals surface area contributed by atoms with Gasteiger partial charge in [-0.2, -0.15) is 0 Å². The van der Waals surface area contributed by atoms with Crippen molar-refractivity contribution >= 4 is 21.9 Å². The smallest absolute Gasteiger partial charge is 0.479 e. The lowest BCUT2D eigenvalue weighted by Crippen LogP contribution is -2.20. The molecule has 2 N–H and O–H groups in total. The Kier molecular flexibility index (Phi) is 5.82. The monoisotopic (exact) mass is 356 g/mol. The molecule has 1 atom stereocenters. The van der Waals surface area contributed by atoms with Gasteiger partial charge in [0.15, 0.2) is 6.10 Å². The largest absolute Gasteiger partial charge is 0.573 e. The van der Waals surface area contributed by atoms with Crippen molar-refractivity contribution in [1.29, 1.82) is 0 Å². The number of benzene rings is 1. The Labute approximate surface area is 121 Å². The number of halogens is 4. The van der Waals surface area contributed by atoms with Crippen molar-refractivity contribution in [3.63, 3.8) is 0 Å². The van der Waals surface area contributed by atoms with E-state index in [4.69, 9.17) is 5.11 Å². The summed E-state index contributed by atoms with van der Waals surface area (Å²) in [6, 6.07) is 3.63. The Hall–Kier alpha value is -1.28. The molecule has 0 bridgehead atoms. The molecule has 0 heterocycles. The third-order valence-corrected chi connectivity index (χ3v) is 2.99. The van der Waals surface area contributed by atoms with E-state index < -0.39 is 29.7 Å². The highest BCUT2D eigenvalue weighted by Crippen LogP contribution is 2.31. The Morgan fingerprint density at radius 3 is 2.55 bits per heavy atom. The van der Waals surface area contributed by atoms with Crippen LogP contribution >= 0.6 is 15.9 Å². The van der Waals surface area contributed by atoms with Crippen LogP contribution in [0, 0.1) is 0 Å². The van der Waals surface area contributed by atoms with Gasteiger partial charge in [0.25, 0.3) is 0 Å². The van der Waals surface area contributed by atoms with E-state index >= 15 is 0 Å². The van der Waals surface area contributed by atoms with Crippen molar-refractivity contribution in [2.75, 3.05) is 5.33 Å². The molecule has 112 valence electrons. The summed E-state index contributed by atoms with van der Waals surface area (Å²) >= 11 is 3.21. The zero-order valence-corrected chi connectivity index (χ0v) is 11.7. The van der Waals surface area contributed by atoms with Crippen LogP contribution in [0.25, 0.3) is 0 Å².